The van der Waals surface area contributed by atoms with Crippen LogP contribution < -0.4 is 5.32 Å². The van der Waals surface area contributed by atoms with Crippen LogP contribution in [-0.2, 0) is 6.18 Å². The van der Waals surface area contributed by atoms with Crippen LogP contribution in [0.1, 0.15) is 40.5 Å². The number of nitrogens with one attached hydrogen (secondary N) is 1. The third-order valence-corrected chi connectivity index (χ3v) is 4.33. The molecule has 0 spiro atoms. The van der Waals surface area contributed by atoms with E-state index in [4.69, 9.17) is 0 Å². The smallest absolute Gasteiger partial charge is 0.339 e. The number of rotatable bonds is 6. The van der Waals surface area contributed by atoms with Crippen LogP contribution in [0.15, 0.2) is 24.3 Å². The molecule has 6 nitrogen and oxygen atoms in total. The van der Waals surface area contributed by atoms with E-state index in [1.807, 2.05) is 0 Å². The molecule has 148 valence electrons. The van der Waals surface area contributed by atoms with Crippen LogP contribution in [0, 0.1) is 0 Å². The van der Waals surface area contributed by atoms with E-state index < -0.39 is 11.7 Å². The Morgan fingerprint density at radius 2 is 2.07 bits per heavy atom. The zero-order chi connectivity index (χ0) is 18.9. The average Bonchev–Trinajstić information content (AvgIpc) is 3.36. The molecule has 0 radical (unpaired) electrons. The van der Waals surface area contributed by atoms with Crippen LogP contribution >= 0.6 is 12.4 Å². The molecule has 27 heavy (non-hydrogen) atoms. The van der Waals surface area contributed by atoms with Gasteiger partial charge in [-0.25, -0.2) is 4.68 Å². The maximum atomic E-state index is 13.0. The summed E-state index contributed by atoms with van der Waals surface area (Å²) in [4.78, 5) is 14.2. The fraction of sp³-hybridized carbons (Fsp3) is 0.471. The van der Waals surface area contributed by atoms with E-state index in [-0.39, 0.29) is 35.6 Å². The number of hydrogen-bond donors (Lipinski definition) is 1. The minimum absolute atomic E-state index is 0. The first-order valence-corrected chi connectivity index (χ1v) is 8.36. The highest BCUT2D eigenvalue weighted by Gasteiger charge is 2.36. The monoisotopic (exact) mass is 403 g/mol. The Labute approximate surface area is 161 Å². The van der Waals surface area contributed by atoms with Crippen LogP contribution in [0.3, 0.4) is 0 Å². The van der Waals surface area contributed by atoms with Gasteiger partial charge in [0.2, 0.25) is 0 Å². The minimum atomic E-state index is -4.44. The molecular formula is C17H21ClF3N5O. The quantitative estimate of drug-likeness (QED) is 0.805. The van der Waals surface area contributed by atoms with Gasteiger partial charge in [0.15, 0.2) is 5.69 Å². The van der Waals surface area contributed by atoms with E-state index in [0.717, 1.165) is 25.0 Å². The van der Waals surface area contributed by atoms with Gasteiger partial charge in [0.1, 0.15) is 0 Å². The number of benzene rings is 1. The molecule has 1 heterocycles. The van der Waals surface area contributed by atoms with Crippen LogP contribution in [0.4, 0.5) is 13.2 Å². The predicted octanol–water partition coefficient (Wildman–Crippen LogP) is 2.88. The lowest BCUT2D eigenvalue weighted by Gasteiger charge is -2.16. The standard InChI is InChI=1S/C17H20F3N5O.ClH/c1-21-8-9-24(2)16(26)14-15(11-6-7-11)25(23-22-14)13-5-3-4-12(10-13)17(18,19)20;/h3-5,10-11,21H,6-9H2,1-2H3;1H. The fourth-order valence-electron chi connectivity index (χ4n) is 2.73. The van der Waals surface area contributed by atoms with E-state index in [1.165, 1.54) is 21.7 Å². The van der Waals surface area contributed by atoms with Crippen molar-refractivity contribution in [3.63, 3.8) is 0 Å². The highest BCUT2D eigenvalue weighted by molar-refractivity contribution is 5.93. The summed E-state index contributed by atoms with van der Waals surface area (Å²) < 4.78 is 40.4. The summed E-state index contributed by atoms with van der Waals surface area (Å²) in [5, 5.41) is 10.9. The van der Waals surface area contributed by atoms with Crippen molar-refractivity contribution in [1.29, 1.82) is 0 Å². The number of aromatic nitrogens is 3. The Bertz CT molecular complexity index is 804. The molecule has 10 heteroatoms. The lowest BCUT2D eigenvalue weighted by Crippen LogP contribution is -2.33. The van der Waals surface area contributed by atoms with Gasteiger partial charge >= 0.3 is 6.18 Å². The largest absolute Gasteiger partial charge is 0.416 e. The predicted molar refractivity (Wildman–Crippen MR) is 96.5 cm³/mol. The highest BCUT2D eigenvalue weighted by Crippen LogP contribution is 2.42. The summed E-state index contributed by atoms with van der Waals surface area (Å²) in [6.45, 7) is 1.12. The number of carbonyl (C=O) groups excluding carboxylic acids is 1. The molecule has 0 saturated heterocycles. The van der Waals surface area contributed by atoms with E-state index in [1.54, 1.807) is 14.1 Å². The minimum Gasteiger partial charge on any atom is -0.339 e. The molecular weight excluding hydrogens is 383 g/mol. The third-order valence-electron chi connectivity index (χ3n) is 4.33. The molecule has 0 aliphatic heterocycles. The maximum absolute atomic E-state index is 13.0. The number of carbonyl (C=O) groups is 1. The van der Waals surface area contributed by atoms with Crippen molar-refractivity contribution in [2.45, 2.75) is 24.9 Å². The molecule has 2 aromatic rings. The van der Waals surface area contributed by atoms with Gasteiger partial charge in [-0.3, -0.25) is 4.79 Å². The van der Waals surface area contributed by atoms with Gasteiger partial charge in [-0.15, -0.1) is 17.5 Å². The van der Waals surface area contributed by atoms with Gasteiger partial charge in [0, 0.05) is 26.1 Å². The van der Waals surface area contributed by atoms with Crippen molar-refractivity contribution in [1.82, 2.24) is 25.2 Å². The van der Waals surface area contributed by atoms with E-state index in [2.05, 4.69) is 15.6 Å². The molecule has 1 aromatic carbocycles. The maximum Gasteiger partial charge on any atom is 0.416 e. The first-order chi connectivity index (χ1) is 12.3. The zero-order valence-corrected chi connectivity index (χ0v) is 15.8. The summed E-state index contributed by atoms with van der Waals surface area (Å²) in [5.41, 5.74) is 0.298. The number of nitrogens with zero attached hydrogens (tertiary/aromatic N) is 4. The van der Waals surface area contributed by atoms with Gasteiger partial charge in [0.05, 0.1) is 16.9 Å². The Balaban J connectivity index is 0.00000261. The number of halogens is 4. The molecule has 1 aromatic heterocycles. The summed E-state index contributed by atoms with van der Waals surface area (Å²) in [5.74, 6) is -0.184. The number of alkyl halides is 3. The van der Waals surface area contributed by atoms with E-state index >= 15 is 0 Å². The Morgan fingerprint density at radius 3 is 2.67 bits per heavy atom. The van der Waals surface area contributed by atoms with Gasteiger partial charge in [-0.2, -0.15) is 13.2 Å². The van der Waals surface area contributed by atoms with Crippen LogP contribution in [0.25, 0.3) is 5.69 Å². The van der Waals surface area contributed by atoms with Crippen molar-refractivity contribution in [2.75, 3.05) is 27.2 Å². The molecule has 1 fully saturated rings. The van der Waals surface area contributed by atoms with Gasteiger partial charge in [0.25, 0.3) is 5.91 Å². The first kappa shape index (κ1) is 21.2. The van der Waals surface area contributed by atoms with Crippen molar-refractivity contribution in [3.8, 4) is 5.69 Å². The topological polar surface area (TPSA) is 63.1 Å². The van der Waals surface area contributed by atoms with Gasteiger partial charge in [-0.1, -0.05) is 11.3 Å². The molecule has 0 unspecified atom stereocenters. The Morgan fingerprint density at radius 1 is 1.37 bits per heavy atom. The second-order valence-electron chi connectivity index (χ2n) is 6.39. The molecule has 1 saturated carbocycles. The Hall–Kier alpha value is -2.13. The summed E-state index contributed by atoms with van der Waals surface area (Å²) in [7, 11) is 3.46. The first-order valence-electron chi connectivity index (χ1n) is 8.36. The number of amides is 1. The molecule has 0 atom stereocenters. The lowest BCUT2D eigenvalue weighted by molar-refractivity contribution is -0.137. The van der Waals surface area contributed by atoms with Crippen molar-refractivity contribution in [2.24, 2.45) is 0 Å². The molecule has 1 aliphatic rings. The van der Waals surface area contributed by atoms with Crippen LogP contribution in [0.5, 0.6) is 0 Å². The number of hydrogen-bond acceptors (Lipinski definition) is 4. The van der Waals surface area contributed by atoms with Crippen LogP contribution in [-0.4, -0.2) is 53.0 Å². The molecule has 0 bridgehead atoms. The number of likely N-dealkylation sites (N-methyl/N-ethyl adjacent to an activating group) is 2. The second kappa shape index (κ2) is 8.26. The third kappa shape index (κ3) is 4.59. The van der Waals surface area contributed by atoms with Crippen molar-refractivity contribution < 1.29 is 18.0 Å². The van der Waals surface area contributed by atoms with Gasteiger partial charge < -0.3 is 10.2 Å². The van der Waals surface area contributed by atoms with Crippen molar-refractivity contribution >= 4 is 18.3 Å². The normalized spacial score (nSPS) is 14.0. The van der Waals surface area contributed by atoms with E-state index in [0.29, 0.717) is 18.8 Å². The molecule has 1 aliphatic carbocycles. The molecule has 1 amide bonds. The molecule has 1 N–H and O–H groups in total. The average molecular weight is 404 g/mol. The molecule has 3 rings (SSSR count). The Kier molecular flexibility index (Phi) is 6.48. The summed E-state index contributed by atoms with van der Waals surface area (Å²) in [6.07, 6.45) is -2.71. The lowest BCUT2D eigenvalue weighted by atomic mass is 10.1. The highest BCUT2D eigenvalue weighted by atomic mass is 35.5. The zero-order valence-electron chi connectivity index (χ0n) is 15.0. The second-order valence-corrected chi connectivity index (χ2v) is 6.39. The summed E-state index contributed by atoms with van der Waals surface area (Å²) in [6, 6.07) is 4.90. The van der Waals surface area contributed by atoms with Crippen LogP contribution in [0.2, 0.25) is 0 Å². The SMILES string of the molecule is CNCCN(C)C(=O)c1nnn(-c2cccc(C(F)(F)F)c2)c1C1CC1.Cl. The summed E-state index contributed by atoms with van der Waals surface area (Å²) >= 11 is 0. The van der Waals surface area contributed by atoms with Gasteiger partial charge in [-0.05, 0) is 38.1 Å². The fourth-order valence-corrected chi connectivity index (χ4v) is 2.73. The van der Waals surface area contributed by atoms with E-state index in [9.17, 15) is 18.0 Å². The van der Waals surface area contributed by atoms with Crippen molar-refractivity contribution in [3.05, 3.63) is 41.2 Å².